The van der Waals surface area contributed by atoms with Crippen LogP contribution in [0.3, 0.4) is 0 Å². The number of fused-ring (bicyclic) bond motifs is 2. The molecule has 0 bridgehead atoms. The predicted molar refractivity (Wildman–Crippen MR) is 133 cm³/mol. The van der Waals surface area contributed by atoms with Crippen LogP contribution in [-0.2, 0) is 11.2 Å². The maximum Gasteiger partial charge on any atom is 0.339 e. The molecule has 5 nitrogen and oxygen atoms in total. The Hall–Kier alpha value is -3.99. The summed E-state index contributed by atoms with van der Waals surface area (Å²) in [4.78, 5) is 13.4. The number of ether oxygens (including phenoxy) is 4. The van der Waals surface area contributed by atoms with Crippen molar-refractivity contribution < 1.29 is 23.7 Å². The van der Waals surface area contributed by atoms with Crippen LogP contribution in [0.15, 0.2) is 66.7 Å². The molecular formula is C29H26O5. The molecule has 172 valence electrons. The van der Waals surface area contributed by atoms with Gasteiger partial charge in [-0.3, -0.25) is 0 Å². The number of aryl methyl sites for hydroxylation is 1. The summed E-state index contributed by atoms with van der Waals surface area (Å²) in [5.41, 5.74) is 4.96. The van der Waals surface area contributed by atoms with Gasteiger partial charge in [0.2, 0.25) is 6.79 Å². The van der Waals surface area contributed by atoms with Gasteiger partial charge in [-0.2, -0.15) is 0 Å². The molecule has 1 heterocycles. The summed E-state index contributed by atoms with van der Waals surface area (Å²) in [6.07, 6.45) is 1.75. The van der Waals surface area contributed by atoms with Gasteiger partial charge < -0.3 is 18.9 Å². The first-order valence-corrected chi connectivity index (χ1v) is 11.4. The third-order valence-corrected chi connectivity index (χ3v) is 6.24. The van der Waals surface area contributed by atoms with Gasteiger partial charge in [0.15, 0.2) is 11.5 Å². The zero-order chi connectivity index (χ0) is 23.7. The van der Waals surface area contributed by atoms with Crippen LogP contribution in [0, 0.1) is 0 Å². The summed E-state index contributed by atoms with van der Waals surface area (Å²) in [7, 11) is 3.08. The maximum atomic E-state index is 13.4. The van der Waals surface area contributed by atoms with Gasteiger partial charge in [0, 0.05) is 11.1 Å². The fourth-order valence-electron chi connectivity index (χ4n) is 4.71. The highest BCUT2D eigenvalue weighted by Crippen LogP contribution is 2.45. The van der Waals surface area contributed by atoms with E-state index in [0.29, 0.717) is 22.8 Å². The molecule has 0 N–H and O–H groups in total. The van der Waals surface area contributed by atoms with E-state index in [1.165, 1.54) is 7.11 Å². The van der Waals surface area contributed by atoms with Crippen LogP contribution in [0.2, 0.25) is 0 Å². The molecule has 0 unspecified atom stereocenters. The Labute approximate surface area is 198 Å². The summed E-state index contributed by atoms with van der Waals surface area (Å²) >= 11 is 0. The maximum absolute atomic E-state index is 13.4. The Bertz CT molecular complexity index is 1390. The van der Waals surface area contributed by atoms with Gasteiger partial charge in [0.1, 0.15) is 5.75 Å². The minimum absolute atomic E-state index is 0.191. The molecule has 0 saturated carbocycles. The van der Waals surface area contributed by atoms with Crippen LogP contribution >= 0.6 is 0 Å². The quantitative estimate of drug-likeness (QED) is 0.305. The van der Waals surface area contributed by atoms with E-state index in [0.717, 1.165) is 51.4 Å². The first kappa shape index (κ1) is 21.8. The van der Waals surface area contributed by atoms with Crippen molar-refractivity contribution in [2.45, 2.75) is 19.8 Å². The Morgan fingerprint density at radius 3 is 2.53 bits per heavy atom. The lowest BCUT2D eigenvalue weighted by atomic mass is 9.84. The molecule has 0 radical (unpaired) electrons. The van der Waals surface area contributed by atoms with E-state index in [2.05, 4.69) is 25.1 Å². The fraction of sp³-hybridized carbons (Fsp3) is 0.207. The molecule has 4 aromatic rings. The monoisotopic (exact) mass is 454 g/mol. The number of hydrogen-bond donors (Lipinski definition) is 0. The average molecular weight is 455 g/mol. The van der Waals surface area contributed by atoms with Gasteiger partial charge in [-0.05, 0) is 52.1 Å². The van der Waals surface area contributed by atoms with E-state index in [1.54, 1.807) is 7.11 Å². The summed E-state index contributed by atoms with van der Waals surface area (Å²) in [5, 5.41) is 2.09. The second kappa shape index (κ2) is 9.10. The Kier molecular flexibility index (Phi) is 5.84. The second-order valence-electron chi connectivity index (χ2n) is 8.20. The summed E-state index contributed by atoms with van der Waals surface area (Å²) in [6, 6.07) is 22.0. The molecule has 1 aliphatic heterocycles. The highest BCUT2D eigenvalue weighted by molar-refractivity contribution is 6.10. The lowest BCUT2D eigenvalue weighted by Crippen LogP contribution is -2.09. The van der Waals surface area contributed by atoms with E-state index >= 15 is 0 Å². The van der Waals surface area contributed by atoms with Crippen molar-refractivity contribution in [1.82, 2.24) is 0 Å². The highest BCUT2D eigenvalue weighted by atomic mass is 16.7. The molecular weight excluding hydrogens is 428 g/mol. The lowest BCUT2D eigenvalue weighted by Gasteiger charge is -2.21. The van der Waals surface area contributed by atoms with Gasteiger partial charge in [-0.25, -0.2) is 4.79 Å². The molecule has 5 rings (SSSR count). The van der Waals surface area contributed by atoms with E-state index in [-0.39, 0.29) is 6.79 Å². The third kappa shape index (κ3) is 3.63. The summed E-state index contributed by atoms with van der Waals surface area (Å²) in [5.74, 6) is 1.68. The molecule has 0 aromatic heterocycles. The van der Waals surface area contributed by atoms with Crippen molar-refractivity contribution in [3.8, 4) is 39.5 Å². The minimum Gasteiger partial charge on any atom is -0.496 e. The van der Waals surface area contributed by atoms with E-state index in [9.17, 15) is 4.79 Å². The molecule has 0 amide bonds. The number of benzene rings is 4. The van der Waals surface area contributed by atoms with Gasteiger partial charge in [-0.1, -0.05) is 61.9 Å². The summed E-state index contributed by atoms with van der Waals surface area (Å²) in [6.45, 7) is 2.32. The topological polar surface area (TPSA) is 54.0 Å². The van der Waals surface area contributed by atoms with Crippen molar-refractivity contribution in [3.05, 3.63) is 77.9 Å². The Morgan fingerprint density at radius 2 is 1.74 bits per heavy atom. The van der Waals surface area contributed by atoms with Crippen LogP contribution < -0.4 is 14.2 Å². The lowest BCUT2D eigenvalue weighted by molar-refractivity contribution is 0.0602. The number of carbonyl (C=O) groups is 1. The van der Waals surface area contributed by atoms with Crippen LogP contribution in [0.1, 0.15) is 29.3 Å². The van der Waals surface area contributed by atoms with Crippen LogP contribution in [0.4, 0.5) is 0 Å². The number of esters is 1. The third-order valence-electron chi connectivity index (χ3n) is 6.24. The Balaban J connectivity index is 1.88. The minimum atomic E-state index is -0.393. The highest BCUT2D eigenvalue weighted by Gasteiger charge is 2.26. The van der Waals surface area contributed by atoms with Crippen molar-refractivity contribution in [2.24, 2.45) is 0 Å². The van der Waals surface area contributed by atoms with E-state index < -0.39 is 5.97 Å². The first-order valence-electron chi connectivity index (χ1n) is 11.4. The summed E-state index contributed by atoms with van der Waals surface area (Å²) < 4.78 is 22.2. The predicted octanol–water partition coefficient (Wildman–Crippen LogP) is 6.65. The Morgan fingerprint density at radius 1 is 0.912 bits per heavy atom. The number of methoxy groups -OCH3 is 2. The number of carbonyl (C=O) groups excluding carboxylic acids is 1. The van der Waals surface area contributed by atoms with Crippen LogP contribution in [0.25, 0.3) is 33.0 Å². The van der Waals surface area contributed by atoms with Crippen molar-refractivity contribution in [2.75, 3.05) is 21.0 Å². The van der Waals surface area contributed by atoms with Gasteiger partial charge in [0.05, 0.1) is 19.8 Å². The normalized spacial score (nSPS) is 12.1. The van der Waals surface area contributed by atoms with Gasteiger partial charge in [-0.15, -0.1) is 0 Å². The molecule has 1 aliphatic rings. The van der Waals surface area contributed by atoms with Crippen molar-refractivity contribution in [1.29, 1.82) is 0 Å². The average Bonchev–Trinajstić information content (AvgIpc) is 3.35. The van der Waals surface area contributed by atoms with Crippen LogP contribution in [0.5, 0.6) is 17.2 Å². The zero-order valence-electron chi connectivity index (χ0n) is 19.5. The van der Waals surface area contributed by atoms with E-state index in [1.807, 2.05) is 48.5 Å². The molecule has 0 fully saturated rings. The first-order chi connectivity index (χ1) is 16.7. The van der Waals surface area contributed by atoms with Gasteiger partial charge >= 0.3 is 5.97 Å². The van der Waals surface area contributed by atoms with Crippen LogP contribution in [-0.4, -0.2) is 27.0 Å². The smallest absolute Gasteiger partial charge is 0.339 e. The molecule has 0 saturated heterocycles. The van der Waals surface area contributed by atoms with E-state index in [4.69, 9.17) is 18.9 Å². The SMILES string of the molecule is CCCc1ccc(-c2ccc3c(c2)OCO3)c(C(=O)OC)c1-c1c(OC)ccc2ccccc12. The molecule has 4 aromatic carbocycles. The molecule has 5 heteroatoms. The number of hydrogen-bond acceptors (Lipinski definition) is 5. The standard InChI is InChI=1S/C29H26O5/c1-4-7-19-10-13-22(20-12-14-23-25(16-20)34-17-33-23)28(29(30)32-3)26(19)27-21-9-6-5-8-18(21)11-15-24(27)31-2/h5-6,8-16H,4,7,17H2,1-3H3. The molecule has 34 heavy (non-hydrogen) atoms. The fourth-order valence-corrected chi connectivity index (χ4v) is 4.71. The zero-order valence-corrected chi connectivity index (χ0v) is 19.5. The largest absolute Gasteiger partial charge is 0.496 e. The van der Waals surface area contributed by atoms with Crippen molar-refractivity contribution in [3.63, 3.8) is 0 Å². The van der Waals surface area contributed by atoms with Gasteiger partial charge in [0.25, 0.3) is 0 Å². The number of rotatable bonds is 6. The van der Waals surface area contributed by atoms with Crippen molar-refractivity contribution >= 4 is 16.7 Å². The molecule has 0 atom stereocenters. The second-order valence-corrected chi connectivity index (χ2v) is 8.20. The molecule has 0 spiro atoms. The molecule has 0 aliphatic carbocycles.